The number of carbonyl (C=O) groups is 1. The van der Waals surface area contributed by atoms with Crippen molar-refractivity contribution in [1.29, 1.82) is 0 Å². The highest BCUT2D eigenvalue weighted by molar-refractivity contribution is 7.07. The van der Waals surface area contributed by atoms with Crippen molar-refractivity contribution in [3.8, 4) is 0 Å². The molecule has 0 aromatic carbocycles. The van der Waals surface area contributed by atoms with Gasteiger partial charge in [0, 0.05) is 25.6 Å². The summed E-state index contributed by atoms with van der Waals surface area (Å²) in [4.78, 5) is 18.4. The summed E-state index contributed by atoms with van der Waals surface area (Å²) in [5.41, 5.74) is 2.25. The van der Waals surface area contributed by atoms with Crippen LogP contribution >= 0.6 is 11.3 Å². The zero-order chi connectivity index (χ0) is 13.5. The number of rotatable bonds is 6. The number of aromatic nitrogens is 1. The number of amides is 1. The lowest BCUT2D eigenvalue weighted by Gasteiger charge is -2.27. The number of nitrogens with zero attached hydrogens (tertiary/aromatic N) is 2. The first-order valence-corrected chi connectivity index (χ1v) is 7.57. The molecular formula is C14H20N2O2S. The molecule has 5 heteroatoms. The number of hydrogen-bond donors (Lipinski definition) is 0. The summed E-state index contributed by atoms with van der Waals surface area (Å²) in [6.07, 6.45) is 7.78. The quantitative estimate of drug-likeness (QED) is 0.752. The van der Waals surface area contributed by atoms with E-state index in [4.69, 9.17) is 4.74 Å². The second-order valence-corrected chi connectivity index (χ2v) is 5.49. The second-order valence-electron chi connectivity index (χ2n) is 4.77. The third-order valence-electron chi connectivity index (χ3n) is 3.36. The first-order chi connectivity index (χ1) is 9.31. The van der Waals surface area contributed by atoms with Crippen molar-refractivity contribution in [2.75, 3.05) is 26.8 Å². The van der Waals surface area contributed by atoms with E-state index in [0.29, 0.717) is 24.8 Å². The summed E-state index contributed by atoms with van der Waals surface area (Å²) in [6, 6.07) is 0. The van der Waals surface area contributed by atoms with Crippen molar-refractivity contribution < 1.29 is 9.53 Å². The van der Waals surface area contributed by atoms with Crippen LogP contribution in [0.1, 0.15) is 29.8 Å². The van der Waals surface area contributed by atoms with Gasteiger partial charge in [-0.05, 0) is 25.2 Å². The van der Waals surface area contributed by atoms with E-state index < -0.39 is 0 Å². The van der Waals surface area contributed by atoms with Gasteiger partial charge >= 0.3 is 0 Å². The Hall–Kier alpha value is -1.20. The van der Waals surface area contributed by atoms with Crippen LogP contribution in [0.25, 0.3) is 0 Å². The van der Waals surface area contributed by atoms with E-state index in [2.05, 4.69) is 17.1 Å². The van der Waals surface area contributed by atoms with Gasteiger partial charge in [0.1, 0.15) is 5.69 Å². The van der Waals surface area contributed by atoms with Crippen LogP contribution in [-0.4, -0.2) is 42.6 Å². The molecule has 104 valence electrons. The van der Waals surface area contributed by atoms with Crippen molar-refractivity contribution in [2.45, 2.75) is 19.3 Å². The molecular weight excluding hydrogens is 260 g/mol. The number of thiazole rings is 1. The third kappa shape index (κ3) is 4.14. The topological polar surface area (TPSA) is 42.4 Å². The molecule has 1 aromatic heterocycles. The van der Waals surface area contributed by atoms with Crippen LogP contribution in [0.2, 0.25) is 0 Å². The normalized spacial score (nSPS) is 18.5. The van der Waals surface area contributed by atoms with Crippen molar-refractivity contribution >= 4 is 17.2 Å². The van der Waals surface area contributed by atoms with Crippen molar-refractivity contribution in [2.24, 2.45) is 5.92 Å². The standard InChI is InChI=1S/C14H20N2O2S/c1-18-8-7-16(9-12-5-3-2-4-6-12)14(17)13-10-19-11-15-13/h2-3,10-12H,4-9H2,1H3. The summed E-state index contributed by atoms with van der Waals surface area (Å²) >= 11 is 1.45. The molecule has 2 rings (SSSR count). The Bertz CT molecular complexity index is 417. The van der Waals surface area contributed by atoms with Crippen LogP contribution in [0.4, 0.5) is 0 Å². The van der Waals surface area contributed by atoms with Gasteiger partial charge in [-0.15, -0.1) is 11.3 Å². The van der Waals surface area contributed by atoms with Crippen LogP contribution < -0.4 is 0 Å². The molecule has 1 aliphatic rings. The Morgan fingerprint density at radius 2 is 2.47 bits per heavy atom. The van der Waals surface area contributed by atoms with E-state index in [9.17, 15) is 4.79 Å². The summed E-state index contributed by atoms with van der Waals surface area (Å²) in [6.45, 7) is 2.00. The van der Waals surface area contributed by atoms with Crippen LogP contribution in [0, 0.1) is 5.92 Å². The predicted molar refractivity (Wildman–Crippen MR) is 76.4 cm³/mol. The summed E-state index contributed by atoms with van der Waals surface area (Å²) in [5.74, 6) is 0.581. The van der Waals surface area contributed by atoms with Gasteiger partial charge in [-0.1, -0.05) is 12.2 Å². The largest absolute Gasteiger partial charge is 0.383 e. The fourth-order valence-corrected chi connectivity index (χ4v) is 2.82. The minimum atomic E-state index is 0.0212. The number of carbonyl (C=O) groups excluding carboxylic acids is 1. The van der Waals surface area contributed by atoms with Gasteiger partial charge in [0.05, 0.1) is 12.1 Å². The molecule has 0 aliphatic heterocycles. The molecule has 0 N–H and O–H groups in total. The van der Waals surface area contributed by atoms with Crippen molar-refractivity contribution in [1.82, 2.24) is 9.88 Å². The lowest BCUT2D eigenvalue weighted by molar-refractivity contribution is 0.0653. The monoisotopic (exact) mass is 280 g/mol. The molecule has 4 nitrogen and oxygen atoms in total. The summed E-state index contributed by atoms with van der Waals surface area (Å²) in [5, 5.41) is 1.81. The van der Waals surface area contributed by atoms with Crippen LogP contribution in [-0.2, 0) is 4.74 Å². The Kier molecular flexibility index (Phi) is 5.54. The minimum Gasteiger partial charge on any atom is -0.383 e. The van der Waals surface area contributed by atoms with Gasteiger partial charge < -0.3 is 9.64 Å². The fraction of sp³-hybridized carbons (Fsp3) is 0.571. The molecule has 1 amide bonds. The molecule has 1 aliphatic carbocycles. The Balaban J connectivity index is 1.98. The molecule has 0 spiro atoms. The van der Waals surface area contributed by atoms with Gasteiger partial charge in [0.2, 0.25) is 0 Å². The molecule has 1 atom stereocenters. The molecule has 0 fully saturated rings. The second kappa shape index (κ2) is 7.40. The molecule has 0 radical (unpaired) electrons. The fourth-order valence-electron chi connectivity index (χ4n) is 2.29. The molecule has 1 aromatic rings. The van der Waals surface area contributed by atoms with E-state index in [1.807, 2.05) is 10.3 Å². The van der Waals surface area contributed by atoms with E-state index in [1.165, 1.54) is 11.3 Å². The zero-order valence-electron chi connectivity index (χ0n) is 11.2. The highest BCUT2D eigenvalue weighted by Crippen LogP contribution is 2.20. The Morgan fingerprint density at radius 3 is 3.11 bits per heavy atom. The number of allylic oxidation sites excluding steroid dienone is 2. The molecule has 1 heterocycles. The van der Waals surface area contributed by atoms with E-state index in [0.717, 1.165) is 25.8 Å². The number of ether oxygens (including phenoxy) is 1. The summed E-state index contributed by atoms with van der Waals surface area (Å²) < 4.78 is 5.10. The van der Waals surface area contributed by atoms with E-state index in [-0.39, 0.29) is 5.91 Å². The third-order valence-corrected chi connectivity index (χ3v) is 3.95. The lowest BCUT2D eigenvalue weighted by Crippen LogP contribution is -2.38. The lowest BCUT2D eigenvalue weighted by atomic mass is 9.94. The average molecular weight is 280 g/mol. The molecule has 0 saturated heterocycles. The Labute approximate surface area is 118 Å². The first-order valence-electron chi connectivity index (χ1n) is 6.62. The highest BCUT2D eigenvalue weighted by Gasteiger charge is 2.21. The smallest absolute Gasteiger partial charge is 0.273 e. The molecule has 0 saturated carbocycles. The van der Waals surface area contributed by atoms with Crippen molar-refractivity contribution in [3.05, 3.63) is 28.7 Å². The Morgan fingerprint density at radius 1 is 1.58 bits per heavy atom. The predicted octanol–water partition coefficient (Wildman–Crippen LogP) is 2.59. The van der Waals surface area contributed by atoms with Crippen molar-refractivity contribution in [3.63, 3.8) is 0 Å². The van der Waals surface area contributed by atoms with E-state index >= 15 is 0 Å². The van der Waals surface area contributed by atoms with Crippen LogP contribution in [0.3, 0.4) is 0 Å². The average Bonchev–Trinajstić information content (AvgIpc) is 2.98. The SMILES string of the molecule is COCCN(CC1CC=CCC1)C(=O)c1cscn1. The zero-order valence-corrected chi connectivity index (χ0v) is 12.1. The maximum Gasteiger partial charge on any atom is 0.273 e. The molecule has 19 heavy (non-hydrogen) atoms. The van der Waals surface area contributed by atoms with Gasteiger partial charge in [-0.3, -0.25) is 4.79 Å². The maximum atomic E-state index is 12.4. The van der Waals surface area contributed by atoms with E-state index in [1.54, 1.807) is 12.6 Å². The van der Waals surface area contributed by atoms with Crippen LogP contribution in [0.15, 0.2) is 23.0 Å². The van der Waals surface area contributed by atoms with Gasteiger partial charge in [-0.2, -0.15) is 0 Å². The van der Waals surface area contributed by atoms with Gasteiger partial charge in [0.15, 0.2) is 0 Å². The van der Waals surface area contributed by atoms with Crippen LogP contribution in [0.5, 0.6) is 0 Å². The number of hydrogen-bond acceptors (Lipinski definition) is 4. The first kappa shape index (κ1) is 14.2. The van der Waals surface area contributed by atoms with Gasteiger partial charge in [-0.25, -0.2) is 4.98 Å². The van der Waals surface area contributed by atoms with Gasteiger partial charge in [0.25, 0.3) is 5.91 Å². The minimum absolute atomic E-state index is 0.0212. The summed E-state index contributed by atoms with van der Waals surface area (Å²) in [7, 11) is 1.66. The highest BCUT2D eigenvalue weighted by atomic mass is 32.1. The maximum absolute atomic E-state index is 12.4. The molecule has 1 unspecified atom stereocenters. The molecule has 0 bridgehead atoms. The number of methoxy groups -OCH3 is 1.